The van der Waals surface area contributed by atoms with Crippen LogP contribution in [0.5, 0.6) is 0 Å². The Morgan fingerprint density at radius 3 is 2.14 bits per heavy atom. The van der Waals surface area contributed by atoms with E-state index in [2.05, 4.69) is 10.6 Å². The highest BCUT2D eigenvalue weighted by atomic mass is 35.5. The van der Waals surface area contributed by atoms with Crippen LogP contribution in [0.2, 0.25) is 10.0 Å². The van der Waals surface area contributed by atoms with E-state index >= 15 is 0 Å². The highest BCUT2D eigenvalue weighted by Crippen LogP contribution is 2.46. The second-order valence-corrected chi connectivity index (χ2v) is 13.0. The molecule has 3 amide bonds. The van der Waals surface area contributed by atoms with Crippen molar-refractivity contribution in [2.24, 2.45) is 5.41 Å². The Morgan fingerprint density at radius 1 is 0.818 bits per heavy atom. The van der Waals surface area contributed by atoms with E-state index in [0.29, 0.717) is 18.5 Å². The number of rotatable bonds is 10. The van der Waals surface area contributed by atoms with E-state index in [1.165, 1.54) is 43.9 Å². The zero-order valence-corrected chi connectivity index (χ0v) is 26.0. The second kappa shape index (κ2) is 14.0. The number of carboxylic acids is 1. The molecule has 1 saturated heterocycles. The van der Waals surface area contributed by atoms with Gasteiger partial charge < -0.3 is 20.6 Å². The van der Waals surface area contributed by atoms with Crippen LogP contribution in [0.3, 0.4) is 0 Å². The SMILES string of the molecule is O=C(CCC(NC(=O)c1cc(Cl)cc(Cl)c1)C(=O)N1CCC2(CCCC2)CC1)NC(Cc1ccc2ccccc2c1)C(=O)O. The van der Waals surface area contributed by atoms with Gasteiger partial charge in [0.1, 0.15) is 12.1 Å². The van der Waals surface area contributed by atoms with Crippen molar-refractivity contribution in [2.45, 2.75) is 69.9 Å². The van der Waals surface area contributed by atoms with Crippen molar-refractivity contribution < 1.29 is 24.3 Å². The van der Waals surface area contributed by atoms with Gasteiger partial charge in [-0.3, -0.25) is 14.4 Å². The third-order valence-corrected chi connectivity index (χ3v) is 9.51. The highest BCUT2D eigenvalue weighted by Gasteiger charge is 2.39. The van der Waals surface area contributed by atoms with E-state index in [9.17, 15) is 24.3 Å². The molecule has 10 heteroatoms. The van der Waals surface area contributed by atoms with E-state index in [-0.39, 0.29) is 40.8 Å². The van der Waals surface area contributed by atoms with Crippen molar-refractivity contribution in [3.05, 3.63) is 81.8 Å². The average Bonchev–Trinajstić information content (AvgIpc) is 3.45. The molecule has 0 bridgehead atoms. The summed E-state index contributed by atoms with van der Waals surface area (Å²) < 4.78 is 0. The molecule has 1 heterocycles. The largest absolute Gasteiger partial charge is 0.480 e. The van der Waals surface area contributed by atoms with E-state index in [4.69, 9.17) is 23.2 Å². The Bertz CT molecular complexity index is 1520. The first kappa shape index (κ1) is 31.8. The summed E-state index contributed by atoms with van der Waals surface area (Å²) in [5.41, 5.74) is 1.29. The molecule has 3 aromatic carbocycles. The molecule has 1 aliphatic heterocycles. The molecule has 0 aromatic heterocycles. The van der Waals surface area contributed by atoms with E-state index in [1.807, 2.05) is 42.5 Å². The first-order chi connectivity index (χ1) is 21.1. The molecule has 232 valence electrons. The van der Waals surface area contributed by atoms with Gasteiger partial charge in [0.05, 0.1) is 0 Å². The standard InChI is InChI=1S/C34H37Cl2N3O5/c35-26-19-25(20-27(36)21-26)31(41)38-28(32(42)39-15-13-34(14-16-39)11-3-4-12-34)9-10-30(40)37-29(33(43)44)18-22-7-8-23-5-1-2-6-24(23)17-22/h1-2,5-8,17,19-21,28-29H,3-4,9-16,18H2,(H,37,40)(H,38,41)(H,43,44). The van der Waals surface area contributed by atoms with E-state index in [1.54, 1.807) is 4.90 Å². The molecule has 44 heavy (non-hydrogen) atoms. The number of carboxylic acid groups (broad SMARTS) is 1. The summed E-state index contributed by atoms with van der Waals surface area (Å²) in [4.78, 5) is 53.8. The van der Waals surface area contributed by atoms with Gasteiger partial charge in [-0.15, -0.1) is 0 Å². The topological polar surface area (TPSA) is 116 Å². The molecular weight excluding hydrogens is 601 g/mol. The van der Waals surface area contributed by atoms with Gasteiger partial charge in [0.25, 0.3) is 5.91 Å². The summed E-state index contributed by atoms with van der Waals surface area (Å²) in [6, 6.07) is 15.8. The summed E-state index contributed by atoms with van der Waals surface area (Å²) in [5.74, 6) is -2.45. The lowest BCUT2D eigenvalue weighted by Gasteiger charge is -2.40. The molecule has 2 fully saturated rings. The molecule has 2 atom stereocenters. The smallest absolute Gasteiger partial charge is 0.326 e. The predicted molar refractivity (Wildman–Crippen MR) is 171 cm³/mol. The lowest BCUT2D eigenvalue weighted by Crippen LogP contribution is -2.52. The van der Waals surface area contributed by atoms with Gasteiger partial charge in [-0.2, -0.15) is 0 Å². The molecule has 2 aliphatic rings. The number of hydrogen-bond acceptors (Lipinski definition) is 4. The lowest BCUT2D eigenvalue weighted by molar-refractivity contribution is -0.142. The maximum absolute atomic E-state index is 13.7. The fourth-order valence-electron chi connectivity index (χ4n) is 6.57. The third-order valence-electron chi connectivity index (χ3n) is 9.08. The van der Waals surface area contributed by atoms with Crippen LogP contribution in [0.4, 0.5) is 0 Å². The number of nitrogens with zero attached hydrogens (tertiary/aromatic N) is 1. The number of amides is 3. The maximum Gasteiger partial charge on any atom is 0.326 e. The van der Waals surface area contributed by atoms with Crippen LogP contribution in [-0.4, -0.2) is 58.9 Å². The third kappa shape index (κ3) is 7.90. The van der Waals surface area contributed by atoms with Gasteiger partial charge in [-0.25, -0.2) is 4.79 Å². The minimum Gasteiger partial charge on any atom is -0.480 e. The average molecular weight is 639 g/mol. The molecule has 1 aliphatic carbocycles. The van der Waals surface area contributed by atoms with E-state index in [0.717, 1.165) is 29.2 Å². The number of piperidine rings is 1. The Kier molecular flexibility index (Phi) is 10.1. The van der Waals surface area contributed by atoms with Gasteiger partial charge in [0.2, 0.25) is 11.8 Å². The minimum absolute atomic E-state index is 0.00859. The van der Waals surface area contributed by atoms with Gasteiger partial charge in [-0.1, -0.05) is 78.5 Å². The first-order valence-corrected chi connectivity index (χ1v) is 15.9. The van der Waals surface area contributed by atoms with Crippen LogP contribution in [-0.2, 0) is 20.8 Å². The molecule has 0 radical (unpaired) electrons. The number of carbonyl (C=O) groups is 4. The van der Waals surface area contributed by atoms with Crippen LogP contribution in [0.1, 0.15) is 67.3 Å². The normalized spacial score (nSPS) is 17.3. The molecule has 3 N–H and O–H groups in total. The van der Waals surface area contributed by atoms with Crippen molar-refractivity contribution in [3.8, 4) is 0 Å². The Balaban J connectivity index is 1.25. The zero-order valence-electron chi connectivity index (χ0n) is 24.5. The van der Waals surface area contributed by atoms with Crippen molar-refractivity contribution in [1.29, 1.82) is 0 Å². The quantitative estimate of drug-likeness (QED) is 0.251. The summed E-state index contributed by atoms with van der Waals surface area (Å²) in [7, 11) is 0. The first-order valence-electron chi connectivity index (χ1n) is 15.2. The maximum atomic E-state index is 13.7. The second-order valence-electron chi connectivity index (χ2n) is 12.1. The zero-order chi connectivity index (χ0) is 31.3. The van der Waals surface area contributed by atoms with Crippen LogP contribution in [0, 0.1) is 5.41 Å². The molecule has 2 unspecified atom stereocenters. The number of hydrogen-bond donors (Lipinski definition) is 3. The Labute approximate surface area is 267 Å². The van der Waals surface area contributed by atoms with Gasteiger partial charge in [-0.05, 0) is 72.1 Å². The fourth-order valence-corrected chi connectivity index (χ4v) is 7.10. The van der Waals surface area contributed by atoms with Gasteiger partial charge >= 0.3 is 5.97 Å². The van der Waals surface area contributed by atoms with Crippen molar-refractivity contribution in [1.82, 2.24) is 15.5 Å². The molecule has 3 aromatic rings. The van der Waals surface area contributed by atoms with Crippen LogP contribution in [0.25, 0.3) is 10.8 Å². The van der Waals surface area contributed by atoms with Crippen LogP contribution >= 0.6 is 23.2 Å². The monoisotopic (exact) mass is 637 g/mol. The Hall–Kier alpha value is -3.62. The number of carbonyl (C=O) groups excluding carboxylic acids is 3. The lowest BCUT2D eigenvalue weighted by atomic mass is 9.77. The summed E-state index contributed by atoms with van der Waals surface area (Å²) in [6.45, 7) is 1.21. The molecule has 1 spiro atoms. The summed E-state index contributed by atoms with van der Waals surface area (Å²) in [6.07, 6.45) is 6.66. The summed E-state index contributed by atoms with van der Waals surface area (Å²) in [5, 5.41) is 17.8. The highest BCUT2D eigenvalue weighted by molar-refractivity contribution is 6.35. The fraction of sp³-hybridized carbons (Fsp3) is 0.412. The van der Waals surface area contributed by atoms with E-state index < -0.39 is 29.9 Å². The van der Waals surface area contributed by atoms with Crippen molar-refractivity contribution >= 4 is 57.7 Å². The van der Waals surface area contributed by atoms with Crippen molar-refractivity contribution in [2.75, 3.05) is 13.1 Å². The summed E-state index contributed by atoms with van der Waals surface area (Å²) >= 11 is 12.2. The molecule has 8 nitrogen and oxygen atoms in total. The van der Waals surface area contributed by atoms with Crippen molar-refractivity contribution in [3.63, 3.8) is 0 Å². The number of halogens is 2. The Morgan fingerprint density at radius 2 is 1.48 bits per heavy atom. The van der Waals surface area contributed by atoms with Crippen LogP contribution in [0.15, 0.2) is 60.7 Å². The number of nitrogens with one attached hydrogen (secondary N) is 2. The van der Waals surface area contributed by atoms with Gasteiger partial charge in [0, 0.05) is 41.5 Å². The molecular formula is C34H37Cl2N3O5. The van der Waals surface area contributed by atoms with Gasteiger partial charge in [0.15, 0.2) is 0 Å². The minimum atomic E-state index is -1.15. The number of benzene rings is 3. The number of aliphatic carboxylic acids is 1. The predicted octanol–water partition coefficient (Wildman–Crippen LogP) is 6.02. The number of likely N-dealkylation sites (tertiary alicyclic amines) is 1. The molecule has 5 rings (SSSR count). The van der Waals surface area contributed by atoms with Crippen LogP contribution < -0.4 is 10.6 Å². The number of fused-ring (bicyclic) bond motifs is 1. The molecule has 1 saturated carbocycles.